The maximum atomic E-state index is 9.39. The molecule has 2 heterocycles. The molecule has 1 aromatic rings. The normalized spacial score (nSPS) is 22.1. The summed E-state index contributed by atoms with van der Waals surface area (Å²) in [5.41, 5.74) is 9.03. The summed E-state index contributed by atoms with van der Waals surface area (Å²) in [6.45, 7) is 1.62. The van der Waals surface area contributed by atoms with Gasteiger partial charge in [-0.1, -0.05) is 0 Å². The molecule has 100 valence electrons. The molecule has 1 fully saturated rings. The Bertz CT molecular complexity index is 518. The molecule has 1 aromatic heterocycles. The molecule has 4 nitrogen and oxygen atoms in total. The first-order valence-electron chi connectivity index (χ1n) is 7.23. The van der Waals surface area contributed by atoms with Crippen LogP contribution in [0.1, 0.15) is 42.5 Å². The van der Waals surface area contributed by atoms with Crippen LogP contribution in [-0.2, 0) is 12.8 Å². The predicted molar refractivity (Wildman–Crippen MR) is 75.0 cm³/mol. The van der Waals surface area contributed by atoms with Crippen molar-refractivity contribution in [2.24, 2.45) is 5.73 Å². The van der Waals surface area contributed by atoms with Crippen LogP contribution < -0.4 is 10.6 Å². The smallest absolute Gasteiger partial charge is 0.147 e. The minimum absolute atomic E-state index is 0.348. The molecule has 4 heteroatoms. The number of aryl methyl sites for hydroxylation is 2. The van der Waals surface area contributed by atoms with Crippen molar-refractivity contribution in [1.29, 1.82) is 5.26 Å². The van der Waals surface area contributed by atoms with Gasteiger partial charge in [-0.3, -0.25) is 0 Å². The van der Waals surface area contributed by atoms with Gasteiger partial charge in [0.25, 0.3) is 0 Å². The Morgan fingerprint density at radius 1 is 1.37 bits per heavy atom. The zero-order chi connectivity index (χ0) is 13.2. The van der Waals surface area contributed by atoms with E-state index in [2.05, 4.69) is 17.0 Å². The van der Waals surface area contributed by atoms with Crippen molar-refractivity contribution < 1.29 is 0 Å². The number of hydrogen-bond donors (Lipinski definition) is 1. The van der Waals surface area contributed by atoms with Crippen LogP contribution in [0.3, 0.4) is 0 Å². The Labute approximate surface area is 114 Å². The summed E-state index contributed by atoms with van der Waals surface area (Å²) in [7, 11) is 0. The summed E-state index contributed by atoms with van der Waals surface area (Å²) in [4.78, 5) is 7.06. The van der Waals surface area contributed by atoms with Gasteiger partial charge in [0.2, 0.25) is 0 Å². The second kappa shape index (κ2) is 5.18. The number of nitrogens with two attached hydrogens (primary N) is 1. The monoisotopic (exact) mass is 256 g/mol. The lowest BCUT2D eigenvalue weighted by Gasteiger charge is -2.27. The molecule has 0 saturated carbocycles. The van der Waals surface area contributed by atoms with E-state index in [9.17, 15) is 5.26 Å². The van der Waals surface area contributed by atoms with Crippen LogP contribution in [0.15, 0.2) is 6.07 Å². The van der Waals surface area contributed by atoms with Gasteiger partial charge >= 0.3 is 0 Å². The Morgan fingerprint density at radius 3 is 3.00 bits per heavy atom. The molecule has 0 amide bonds. The first-order valence-corrected chi connectivity index (χ1v) is 7.23. The van der Waals surface area contributed by atoms with Crippen LogP contribution in [-0.4, -0.2) is 24.1 Å². The maximum absolute atomic E-state index is 9.39. The molecular weight excluding hydrogens is 236 g/mol. The number of nitriles is 1. The van der Waals surface area contributed by atoms with Crippen LogP contribution in [0, 0.1) is 11.3 Å². The molecule has 0 spiro atoms. The van der Waals surface area contributed by atoms with Gasteiger partial charge in [0.15, 0.2) is 0 Å². The molecule has 2 aliphatic rings. The third-order valence-corrected chi connectivity index (χ3v) is 4.32. The number of fused-ring (bicyclic) bond motifs is 1. The zero-order valence-corrected chi connectivity index (χ0v) is 11.2. The molecule has 0 bridgehead atoms. The number of nitrogens with zero attached hydrogens (tertiary/aromatic N) is 3. The lowest BCUT2D eigenvalue weighted by molar-refractivity contribution is 0.649. The minimum Gasteiger partial charge on any atom is -0.351 e. The van der Waals surface area contributed by atoms with E-state index >= 15 is 0 Å². The van der Waals surface area contributed by atoms with E-state index in [1.54, 1.807) is 0 Å². The summed E-state index contributed by atoms with van der Waals surface area (Å²) in [6, 6.07) is 4.73. The highest BCUT2D eigenvalue weighted by molar-refractivity contribution is 5.57. The van der Waals surface area contributed by atoms with Crippen molar-refractivity contribution in [3.63, 3.8) is 0 Å². The Hall–Kier alpha value is -1.60. The van der Waals surface area contributed by atoms with Crippen LogP contribution >= 0.6 is 0 Å². The average Bonchev–Trinajstić information content (AvgIpc) is 2.94. The topological polar surface area (TPSA) is 65.9 Å². The molecule has 1 atom stereocenters. The molecule has 0 aromatic carbocycles. The fourth-order valence-electron chi connectivity index (χ4n) is 3.28. The quantitative estimate of drug-likeness (QED) is 0.875. The number of aromatic nitrogens is 1. The van der Waals surface area contributed by atoms with E-state index in [4.69, 9.17) is 10.7 Å². The van der Waals surface area contributed by atoms with Gasteiger partial charge in [0, 0.05) is 24.8 Å². The summed E-state index contributed by atoms with van der Waals surface area (Å²) in [6.07, 6.45) is 6.80. The first kappa shape index (κ1) is 12.4. The third kappa shape index (κ3) is 2.19. The molecule has 1 saturated heterocycles. The van der Waals surface area contributed by atoms with E-state index in [1.165, 1.54) is 24.1 Å². The maximum Gasteiger partial charge on any atom is 0.147 e. The van der Waals surface area contributed by atoms with E-state index in [-0.39, 0.29) is 0 Å². The Kier molecular flexibility index (Phi) is 3.39. The second-order valence-corrected chi connectivity index (χ2v) is 5.51. The van der Waals surface area contributed by atoms with Crippen LogP contribution in [0.2, 0.25) is 0 Å². The van der Waals surface area contributed by atoms with Gasteiger partial charge < -0.3 is 10.6 Å². The van der Waals surface area contributed by atoms with Gasteiger partial charge in [-0.2, -0.15) is 5.26 Å². The van der Waals surface area contributed by atoms with Gasteiger partial charge in [-0.25, -0.2) is 4.98 Å². The van der Waals surface area contributed by atoms with Crippen LogP contribution in [0.4, 0.5) is 5.82 Å². The molecule has 0 radical (unpaired) electrons. The number of anilines is 1. The largest absolute Gasteiger partial charge is 0.351 e. The van der Waals surface area contributed by atoms with Crippen LogP contribution in [0.5, 0.6) is 0 Å². The Morgan fingerprint density at radius 2 is 2.21 bits per heavy atom. The summed E-state index contributed by atoms with van der Waals surface area (Å²) in [5, 5.41) is 9.39. The predicted octanol–water partition coefficient (Wildman–Crippen LogP) is 1.76. The number of pyridine rings is 1. The molecule has 1 aliphatic heterocycles. The van der Waals surface area contributed by atoms with Crippen molar-refractivity contribution in [2.75, 3.05) is 18.0 Å². The molecule has 19 heavy (non-hydrogen) atoms. The molecule has 3 rings (SSSR count). The molecule has 2 N–H and O–H groups in total. The van der Waals surface area contributed by atoms with Crippen molar-refractivity contribution in [3.05, 3.63) is 22.9 Å². The van der Waals surface area contributed by atoms with Crippen molar-refractivity contribution >= 4 is 5.82 Å². The van der Waals surface area contributed by atoms with Gasteiger partial charge in [-0.15, -0.1) is 0 Å². The van der Waals surface area contributed by atoms with Gasteiger partial charge in [0.1, 0.15) is 11.9 Å². The van der Waals surface area contributed by atoms with Crippen molar-refractivity contribution in [2.45, 2.75) is 44.6 Å². The summed E-state index contributed by atoms with van der Waals surface area (Å²) in [5.74, 6) is 0.871. The standard InChI is InChI=1S/C15H20N4/c16-9-12-8-11-4-1-2-6-14(11)18-15(12)19-7-3-5-13(19)10-17/h8,13H,1-7,10,17H2. The Balaban J connectivity index is 2.02. The highest BCUT2D eigenvalue weighted by atomic mass is 15.2. The molecule has 1 aliphatic carbocycles. The fraction of sp³-hybridized carbons (Fsp3) is 0.600. The highest BCUT2D eigenvalue weighted by Crippen LogP contribution is 2.30. The van der Waals surface area contributed by atoms with E-state index in [1.807, 2.05) is 0 Å². The van der Waals surface area contributed by atoms with Crippen LogP contribution in [0.25, 0.3) is 0 Å². The van der Waals surface area contributed by atoms with E-state index < -0.39 is 0 Å². The van der Waals surface area contributed by atoms with E-state index in [0.717, 1.165) is 43.6 Å². The zero-order valence-electron chi connectivity index (χ0n) is 11.2. The first-order chi connectivity index (χ1) is 9.33. The van der Waals surface area contributed by atoms with Gasteiger partial charge in [0.05, 0.1) is 5.56 Å². The summed E-state index contributed by atoms with van der Waals surface area (Å²) >= 11 is 0. The average molecular weight is 256 g/mol. The third-order valence-electron chi connectivity index (χ3n) is 4.32. The number of rotatable bonds is 2. The highest BCUT2D eigenvalue weighted by Gasteiger charge is 2.27. The number of hydrogen-bond acceptors (Lipinski definition) is 4. The SMILES string of the molecule is N#Cc1cc2c(nc1N1CCCC1CN)CCCC2. The lowest BCUT2D eigenvalue weighted by Crippen LogP contribution is -2.36. The minimum atomic E-state index is 0.348. The van der Waals surface area contributed by atoms with E-state index in [0.29, 0.717) is 12.6 Å². The summed E-state index contributed by atoms with van der Waals surface area (Å²) < 4.78 is 0. The van der Waals surface area contributed by atoms with Crippen molar-refractivity contribution in [3.8, 4) is 6.07 Å². The second-order valence-electron chi connectivity index (χ2n) is 5.51. The van der Waals surface area contributed by atoms with Crippen molar-refractivity contribution in [1.82, 2.24) is 4.98 Å². The van der Waals surface area contributed by atoms with Gasteiger partial charge in [-0.05, 0) is 50.2 Å². The lowest BCUT2D eigenvalue weighted by atomic mass is 9.95. The fourth-order valence-corrected chi connectivity index (χ4v) is 3.28. The molecular formula is C15H20N4. The molecule has 1 unspecified atom stereocenters.